The minimum atomic E-state index is -0.848. The lowest BCUT2D eigenvalue weighted by molar-refractivity contribution is -0.150. The Bertz CT molecular complexity index is 1950. The van der Waals surface area contributed by atoms with Gasteiger partial charge in [0.15, 0.2) is 13.2 Å². The number of hydrogen-bond donors (Lipinski definition) is 4. The highest BCUT2D eigenvalue weighted by atomic mass is 16.6. The minimum absolute atomic E-state index is 0.0343. The van der Waals surface area contributed by atoms with Crippen molar-refractivity contribution >= 4 is 35.9 Å². The second-order valence-electron chi connectivity index (χ2n) is 12.1. The number of pyridine rings is 1. The summed E-state index contributed by atoms with van der Waals surface area (Å²) in [5, 5.41) is 5.29. The van der Waals surface area contributed by atoms with E-state index in [1.165, 1.54) is 19.1 Å². The van der Waals surface area contributed by atoms with Gasteiger partial charge in [-0.25, -0.2) is 19.4 Å². The second kappa shape index (κ2) is 20.5. The van der Waals surface area contributed by atoms with Crippen LogP contribution in [-0.4, -0.2) is 86.0 Å². The number of carbonyl (C=O) groups is 5. The van der Waals surface area contributed by atoms with Gasteiger partial charge in [-0.05, 0) is 52.9 Å². The number of hydrogen-bond acceptors (Lipinski definition) is 12. The summed E-state index contributed by atoms with van der Waals surface area (Å²) in [5.74, 6) is 10.4. The van der Waals surface area contributed by atoms with Crippen LogP contribution in [0.3, 0.4) is 0 Å². The van der Waals surface area contributed by atoms with Crippen molar-refractivity contribution in [3.63, 3.8) is 0 Å². The number of likely N-dealkylation sites (tertiary alicyclic amines) is 1. The van der Waals surface area contributed by atoms with Crippen LogP contribution in [0.5, 0.6) is 0 Å². The van der Waals surface area contributed by atoms with Gasteiger partial charge in [0, 0.05) is 49.8 Å². The third kappa shape index (κ3) is 12.9. The Hall–Kier alpha value is -6.58. The van der Waals surface area contributed by atoms with Crippen molar-refractivity contribution in [3.8, 4) is 23.7 Å². The van der Waals surface area contributed by atoms with Crippen LogP contribution >= 0.6 is 0 Å². The average molecular weight is 739 g/mol. The SMILES string of the molecule is COC(=O)Cc1cc(C#CCOC(=O)NCc2ccc(N)nc2)cc(C#CCOC(=O)NC2CC(C(=O)OC)N(C(=O)CCc3cccc(CN)c3)C2)c1. The summed E-state index contributed by atoms with van der Waals surface area (Å²) in [6.07, 6.45) is 0.862. The van der Waals surface area contributed by atoms with Gasteiger partial charge in [-0.3, -0.25) is 9.59 Å². The Kier molecular flexibility index (Phi) is 15.2. The molecular formula is C39H42N6O9. The maximum Gasteiger partial charge on any atom is 0.408 e. The Morgan fingerprint density at radius 2 is 1.57 bits per heavy atom. The molecule has 1 aliphatic heterocycles. The van der Waals surface area contributed by atoms with Gasteiger partial charge in [-0.1, -0.05) is 54.0 Å². The van der Waals surface area contributed by atoms with E-state index in [0.29, 0.717) is 35.5 Å². The molecule has 6 N–H and O–H groups in total. The van der Waals surface area contributed by atoms with Gasteiger partial charge in [-0.2, -0.15) is 0 Å². The Morgan fingerprint density at radius 3 is 2.22 bits per heavy atom. The van der Waals surface area contributed by atoms with Gasteiger partial charge >= 0.3 is 24.1 Å². The molecule has 2 aromatic carbocycles. The number of nitrogens with one attached hydrogen (secondary N) is 2. The number of rotatable bonds is 12. The molecule has 282 valence electrons. The largest absolute Gasteiger partial charge is 0.469 e. The molecule has 1 aliphatic rings. The summed E-state index contributed by atoms with van der Waals surface area (Å²) in [6, 6.07) is 14.6. The minimum Gasteiger partial charge on any atom is -0.469 e. The number of benzene rings is 2. The van der Waals surface area contributed by atoms with Gasteiger partial charge < -0.3 is 45.9 Å². The molecule has 2 atom stereocenters. The maximum absolute atomic E-state index is 13.2. The number of methoxy groups -OCH3 is 2. The highest BCUT2D eigenvalue weighted by molar-refractivity contribution is 5.85. The summed E-state index contributed by atoms with van der Waals surface area (Å²) >= 11 is 0. The number of alkyl carbamates (subject to hydrolysis) is 2. The Balaban J connectivity index is 1.30. The molecule has 0 aliphatic carbocycles. The smallest absolute Gasteiger partial charge is 0.408 e. The zero-order chi connectivity index (χ0) is 38.9. The fraction of sp³-hybridized carbons (Fsp3) is 0.333. The number of aromatic nitrogens is 1. The average Bonchev–Trinajstić information content (AvgIpc) is 3.60. The zero-order valence-electron chi connectivity index (χ0n) is 30.0. The lowest BCUT2D eigenvalue weighted by atomic mass is 10.0. The van der Waals surface area contributed by atoms with E-state index in [2.05, 4.69) is 39.3 Å². The van der Waals surface area contributed by atoms with Gasteiger partial charge in [-0.15, -0.1) is 0 Å². The van der Waals surface area contributed by atoms with Crippen LogP contribution in [0.15, 0.2) is 60.8 Å². The first-order chi connectivity index (χ1) is 26.1. The van der Waals surface area contributed by atoms with Crippen LogP contribution in [0.25, 0.3) is 0 Å². The lowest BCUT2D eigenvalue weighted by Gasteiger charge is -2.22. The molecule has 15 heteroatoms. The molecule has 1 fully saturated rings. The number of anilines is 1. The van der Waals surface area contributed by atoms with Crippen LogP contribution in [0.4, 0.5) is 15.4 Å². The van der Waals surface area contributed by atoms with E-state index in [1.807, 2.05) is 24.3 Å². The highest BCUT2D eigenvalue weighted by Gasteiger charge is 2.40. The summed E-state index contributed by atoms with van der Waals surface area (Å²) in [6.45, 7) is 0.219. The Labute approximate surface area is 313 Å². The van der Waals surface area contributed by atoms with E-state index >= 15 is 0 Å². The molecule has 2 unspecified atom stereocenters. The van der Waals surface area contributed by atoms with Crippen molar-refractivity contribution in [2.75, 3.05) is 39.7 Å². The van der Waals surface area contributed by atoms with Crippen molar-refractivity contribution < 1.29 is 42.9 Å². The molecule has 3 amide bonds. The van der Waals surface area contributed by atoms with E-state index in [0.717, 1.165) is 16.7 Å². The summed E-state index contributed by atoms with van der Waals surface area (Å²) in [5.41, 5.74) is 15.5. The number of nitrogens with two attached hydrogens (primary N) is 2. The summed E-state index contributed by atoms with van der Waals surface area (Å²) < 4.78 is 20.1. The number of carbonyl (C=O) groups excluding carboxylic acids is 5. The molecule has 2 heterocycles. The zero-order valence-corrected chi connectivity index (χ0v) is 30.0. The molecule has 54 heavy (non-hydrogen) atoms. The summed E-state index contributed by atoms with van der Waals surface area (Å²) in [4.78, 5) is 67.7. The van der Waals surface area contributed by atoms with E-state index in [4.69, 9.17) is 30.4 Å². The number of ether oxygens (including phenoxy) is 4. The number of esters is 2. The number of nitrogens with zero attached hydrogens (tertiary/aromatic N) is 2. The van der Waals surface area contributed by atoms with Crippen LogP contribution in [0.1, 0.15) is 46.2 Å². The predicted octanol–water partition coefficient (Wildman–Crippen LogP) is 1.97. The third-order valence-corrected chi connectivity index (χ3v) is 8.14. The molecule has 1 saturated heterocycles. The number of aryl methyl sites for hydroxylation is 1. The molecule has 0 saturated carbocycles. The van der Waals surface area contributed by atoms with Crippen LogP contribution in [-0.2, 0) is 59.3 Å². The summed E-state index contributed by atoms with van der Waals surface area (Å²) in [7, 11) is 2.53. The first-order valence-electron chi connectivity index (χ1n) is 16.9. The van der Waals surface area contributed by atoms with Gasteiger partial charge in [0.2, 0.25) is 5.91 Å². The number of nitrogen functional groups attached to an aromatic ring is 1. The van der Waals surface area contributed by atoms with Crippen LogP contribution in [0, 0.1) is 23.7 Å². The standard InChI is InChI=1S/C39H42N6O9/c1-51-36(47)20-31-18-27(8-4-14-53-38(49)43-24-30-10-12-34(41)42-23-30)17-28(19-31)9-5-15-54-39(50)44-32-21-33(37(48)52-2)45(25-32)35(46)13-11-26-6-3-7-29(16-26)22-40/h3,6-7,10,12,16-19,23,32-33H,11,13-15,20-22,24-25,40H2,1-2H3,(H2,41,42)(H,43,49)(H,44,50). The monoisotopic (exact) mass is 738 g/mol. The van der Waals surface area contributed by atoms with Gasteiger partial charge in [0.05, 0.1) is 26.7 Å². The molecule has 4 rings (SSSR count). The lowest BCUT2D eigenvalue weighted by Crippen LogP contribution is -2.42. The quantitative estimate of drug-likeness (QED) is 0.119. The van der Waals surface area contributed by atoms with Crippen molar-refractivity contribution in [2.45, 2.75) is 50.9 Å². The van der Waals surface area contributed by atoms with Gasteiger partial charge in [0.1, 0.15) is 11.9 Å². The third-order valence-electron chi connectivity index (χ3n) is 8.14. The van der Waals surface area contributed by atoms with E-state index < -0.39 is 36.2 Å². The molecule has 15 nitrogen and oxygen atoms in total. The maximum atomic E-state index is 13.2. The van der Waals surface area contributed by atoms with Crippen molar-refractivity contribution in [3.05, 3.63) is 94.2 Å². The molecule has 3 aromatic rings. The highest BCUT2D eigenvalue weighted by Crippen LogP contribution is 2.21. The number of amides is 3. The fourth-order valence-corrected chi connectivity index (χ4v) is 5.51. The molecule has 0 bridgehead atoms. The van der Waals surface area contributed by atoms with Gasteiger partial charge in [0.25, 0.3) is 0 Å². The van der Waals surface area contributed by atoms with Crippen LogP contribution < -0.4 is 22.1 Å². The first-order valence-corrected chi connectivity index (χ1v) is 16.9. The fourth-order valence-electron chi connectivity index (χ4n) is 5.51. The molecule has 1 aromatic heterocycles. The van der Waals surface area contributed by atoms with Crippen LogP contribution in [0.2, 0.25) is 0 Å². The van der Waals surface area contributed by atoms with Crippen molar-refractivity contribution in [1.29, 1.82) is 0 Å². The second-order valence-corrected chi connectivity index (χ2v) is 12.1. The molecular weight excluding hydrogens is 696 g/mol. The van der Waals surface area contributed by atoms with Crippen molar-refractivity contribution in [1.82, 2.24) is 20.5 Å². The topological polar surface area (TPSA) is 214 Å². The van der Waals surface area contributed by atoms with E-state index in [-0.39, 0.29) is 51.5 Å². The van der Waals surface area contributed by atoms with Crippen molar-refractivity contribution in [2.24, 2.45) is 5.73 Å². The molecule has 0 spiro atoms. The Morgan fingerprint density at radius 1 is 0.870 bits per heavy atom. The van der Waals surface area contributed by atoms with E-state index in [9.17, 15) is 24.0 Å². The normalized spacial score (nSPS) is 14.3. The first kappa shape index (κ1) is 40.2. The molecule has 0 radical (unpaired) electrons. The van der Waals surface area contributed by atoms with E-state index in [1.54, 1.807) is 36.5 Å². The predicted molar refractivity (Wildman–Crippen MR) is 196 cm³/mol.